The number of anilines is 2. The van der Waals surface area contributed by atoms with Gasteiger partial charge in [-0.15, -0.1) is 5.10 Å². The maximum absolute atomic E-state index is 13.4. The molecule has 2 aliphatic rings. The number of hydrogen-bond acceptors (Lipinski definition) is 11. The van der Waals surface area contributed by atoms with Crippen LogP contribution in [0.25, 0.3) is 22.2 Å². The summed E-state index contributed by atoms with van der Waals surface area (Å²) in [5.74, 6) is 0.168. The number of thiazole rings is 1. The third-order valence-electron chi connectivity index (χ3n) is 6.95. The highest BCUT2D eigenvalue weighted by Gasteiger charge is 2.29. The summed E-state index contributed by atoms with van der Waals surface area (Å²) in [7, 11) is 0. The number of rotatable bonds is 6. The molecule has 1 saturated heterocycles. The standard InChI is InChI=1S/C30H25N7O3S/c38-23-17-20-9-4-5-11-22(20)24(19-7-2-1-3-8-19)32-26(23)34-30-36-35-27(40-30)25-29(37-13-15-39-16-14-37)41-28(33-25)21-10-6-12-31-18-21/h1-12,18,26H,13-17H2,(H,34,36)/t26-/m1/s1. The van der Waals surface area contributed by atoms with Crippen LogP contribution in [0.3, 0.4) is 0 Å². The Balaban J connectivity index is 1.23. The van der Waals surface area contributed by atoms with Crippen molar-refractivity contribution in [3.8, 4) is 22.2 Å². The van der Waals surface area contributed by atoms with Crippen molar-refractivity contribution < 1.29 is 13.9 Å². The average molecular weight is 564 g/mol. The Labute approximate surface area is 239 Å². The second-order valence-electron chi connectivity index (χ2n) is 9.62. The second-order valence-corrected chi connectivity index (χ2v) is 10.6. The van der Waals surface area contributed by atoms with Crippen molar-refractivity contribution in [1.29, 1.82) is 0 Å². The summed E-state index contributed by atoms with van der Waals surface area (Å²) >= 11 is 1.55. The van der Waals surface area contributed by atoms with E-state index in [4.69, 9.17) is 19.1 Å². The largest absolute Gasteiger partial charge is 0.402 e. The van der Waals surface area contributed by atoms with Crippen LogP contribution >= 0.6 is 11.3 Å². The normalized spacial score (nSPS) is 17.1. The number of morpholine rings is 1. The maximum atomic E-state index is 13.4. The van der Waals surface area contributed by atoms with Gasteiger partial charge in [0.2, 0.25) is 0 Å². The zero-order valence-electron chi connectivity index (χ0n) is 21.9. The molecule has 2 aliphatic heterocycles. The van der Waals surface area contributed by atoms with E-state index in [0.717, 1.165) is 51.1 Å². The highest BCUT2D eigenvalue weighted by molar-refractivity contribution is 7.19. The van der Waals surface area contributed by atoms with Gasteiger partial charge < -0.3 is 19.4 Å². The SMILES string of the molecule is O=C1Cc2ccccc2C(c2ccccc2)=N[C@@H]1Nc1nnc(-c2nc(-c3cccnc3)sc2N2CCOCC2)o1. The number of nitrogens with one attached hydrogen (secondary N) is 1. The fourth-order valence-corrected chi connectivity index (χ4v) is 6.04. The van der Waals surface area contributed by atoms with E-state index in [0.29, 0.717) is 18.9 Å². The molecule has 7 rings (SSSR count). The van der Waals surface area contributed by atoms with Gasteiger partial charge in [-0.2, -0.15) is 0 Å². The van der Waals surface area contributed by atoms with Gasteiger partial charge in [0, 0.05) is 48.6 Å². The quantitative estimate of drug-likeness (QED) is 0.319. The molecule has 0 unspecified atom stereocenters. The van der Waals surface area contributed by atoms with Gasteiger partial charge in [-0.05, 0) is 17.7 Å². The Morgan fingerprint density at radius 1 is 0.927 bits per heavy atom. The van der Waals surface area contributed by atoms with E-state index in [1.807, 2.05) is 66.7 Å². The first-order chi connectivity index (χ1) is 20.2. The Hall–Kier alpha value is -4.74. The molecule has 5 aromatic rings. The number of hydrogen-bond donors (Lipinski definition) is 1. The van der Waals surface area contributed by atoms with Crippen LogP contribution in [0.4, 0.5) is 11.0 Å². The number of carbonyl (C=O) groups excluding carboxylic acids is 1. The molecule has 1 atom stereocenters. The first kappa shape index (κ1) is 25.2. The number of fused-ring (bicyclic) bond motifs is 1. The highest BCUT2D eigenvalue weighted by atomic mass is 32.1. The monoisotopic (exact) mass is 563 g/mol. The second kappa shape index (κ2) is 11.0. The van der Waals surface area contributed by atoms with Crippen molar-refractivity contribution in [1.82, 2.24) is 20.2 Å². The molecule has 2 aromatic carbocycles. The molecule has 0 bridgehead atoms. The predicted octanol–water partition coefficient (Wildman–Crippen LogP) is 4.49. The summed E-state index contributed by atoms with van der Waals surface area (Å²) in [4.78, 5) is 29.6. The minimum atomic E-state index is -0.897. The van der Waals surface area contributed by atoms with E-state index in [9.17, 15) is 4.79 Å². The number of ether oxygens (including phenoxy) is 1. The highest BCUT2D eigenvalue weighted by Crippen LogP contribution is 2.40. The average Bonchev–Trinajstić information content (AvgIpc) is 3.65. The Kier molecular flexibility index (Phi) is 6.79. The number of nitrogens with zero attached hydrogens (tertiary/aromatic N) is 6. The van der Waals surface area contributed by atoms with E-state index < -0.39 is 6.17 Å². The lowest BCUT2D eigenvalue weighted by Gasteiger charge is -2.27. The lowest BCUT2D eigenvalue weighted by molar-refractivity contribution is -0.119. The minimum Gasteiger partial charge on any atom is -0.402 e. The van der Waals surface area contributed by atoms with Crippen LogP contribution in [0.2, 0.25) is 0 Å². The van der Waals surface area contributed by atoms with Gasteiger partial charge in [0.25, 0.3) is 5.89 Å². The molecule has 0 aliphatic carbocycles. The number of benzene rings is 2. The van der Waals surface area contributed by atoms with Crippen molar-refractivity contribution in [2.24, 2.45) is 4.99 Å². The molecule has 5 heterocycles. The minimum absolute atomic E-state index is 0.0929. The number of aliphatic imine (C=N–C) groups is 1. The molecule has 41 heavy (non-hydrogen) atoms. The Morgan fingerprint density at radius 3 is 2.56 bits per heavy atom. The zero-order chi connectivity index (χ0) is 27.6. The molecule has 1 N–H and O–H groups in total. The van der Waals surface area contributed by atoms with Crippen molar-refractivity contribution in [2.45, 2.75) is 12.6 Å². The first-order valence-electron chi connectivity index (χ1n) is 13.3. The van der Waals surface area contributed by atoms with E-state index in [1.165, 1.54) is 0 Å². The lowest BCUT2D eigenvalue weighted by atomic mass is 9.96. The molecule has 0 radical (unpaired) electrons. The van der Waals surface area contributed by atoms with E-state index >= 15 is 0 Å². The van der Waals surface area contributed by atoms with Crippen LogP contribution in [0.5, 0.6) is 0 Å². The topological polar surface area (TPSA) is 119 Å². The number of aromatic nitrogens is 4. The van der Waals surface area contributed by atoms with E-state index in [2.05, 4.69) is 25.4 Å². The van der Waals surface area contributed by atoms with Gasteiger partial charge in [0.15, 0.2) is 17.6 Å². The lowest BCUT2D eigenvalue weighted by Crippen LogP contribution is -2.35. The van der Waals surface area contributed by atoms with Gasteiger partial charge in [-0.1, -0.05) is 71.0 Å². The zero-order valence-corrected chi connectivity index (χ0v) is 22.8. The van der Waals surface area contributed by atoms with Gasteiger partial charge in [-0.25, -0.2) is 4.98 Å². The van der Waals surface area contributed by atoms with Crippen LogP contribution in [-0.4, -0.2) is 64.1 Å². The molecular formula is C30H25N7O3S. The van der Waals surface area contributed by atoms with Gasteiger partial charge in [-0.3, -0.25) is 14.8 Å². The van der Waals surface area contributed by atoms with Gasteiger partial charge in [0.1, 0.15) is 10.0 Å². The molecule has 0 amide bonds. The van der Waals surface area contributed by atoms with Crippen LogP contribution in [0.1, 0.15) is 16.7 Å². The van der Waals surface area contributed by atoms with E-state index in [-0.39, 0.29) is 24.1 Å². The predicted molar refractivity (Wildman–Crippen MR) is 156 cm³/mol. The summed E-state index contributed by atoms with van der Waals surface area (Å²) in [6.45, 7) is 2.72. The molecule has 204 valence electrons. The molecule has 11 heteroatoms. The summed E-state index contributed by atoms with van der Waals surface area (Å²) in [6.07, 6.45) is 2.85. The van der Waals surface area contributed by atoms with Crippen LogP contribution in [0.15, 0.2) is 88.5 Å². The number of ketones is 1. The summed E-state index contributed by atoms with van der Waals surface area (Å²) in [5, 5.41) is 13.4. The summed E-state index contributed by atoms with van der Waals surface area (Å²) in [6, 6.07) is 21.7. The Morgan fingerprint density at radius 2 is 1.73 bits per heavy atom. The van der Waals surface area contributed by atoms with Crippen molar-refractivity contribution in [3.63, 3.8) is 0 Å². The fourth-order valence-electron chi connectivity index (χ4n) is 4.94. The summed E-state index contributed by atoms with van der Waals surface area (Å²) < 4.78 is 11.6. The molecule has 1 fully saturated rings. The fraction of sp³-hybridized carbons (Fsp3) is 0.200. The van der Waals surface area contributed by atoms with Crippen molar-refractivity contribution in [2.75, 3.05) is 36.5 Å². The Bertz CT molecular complexity index is 1710. The molecule has 0 saturated carbocycles. The van der Waals surface area contributed by atoms with E-state index in [1.54, 1.807) is 23.7 Å². The number of Topliss-reactive ketones (excluding diaryl/α,β-unsaturated/α-hetero) is 1. The van der Waals surface area contributed by atoms with Crippen LogP contribution < -0.4 is 10.2 Å². The van der Waals surface area contributed by atoms with Crippen molar-refractivity contribution in [3.05, 3.63) is 95.8 Å². The third-order valence-corrected chi connectivity index (χ3v) is 8.12. The van der Waals surface area contributed by atoms with Gasteiger partial charge in [0.05, 0.1) is 18.9 Å². The molecule has 10 nitrogen and oxygen atoms in total. The smallest absolute Gasteiger partial charge is 0.317 e. The molecule has 0 spiro atoms. The first-order valence-corrected chi connectivity index (χ1v) is 14.1. The maximum Gasteiger partial charge on any atom is 0.317 e. The number of carbonyl (C=O) groups is 1. The summed E-state index contributed by atoms with van der Waals surface area (Å²) in [5.41, 5.74) is 5.01. The van der Waals surface area contributed by atoms with Gasteiger partial charge >= 0.3 is 6.01 Å². The number of pyridine rings is 1. The molecule has 3 aromatic heterocycles. The van der Waals surface area contributed by atoms with Crippen LogP contribution in [0, 0.1) is 0 Å². The van der Waals surface area contributed by atoms with Crippen molar-refractivity contribution >= 4 is 33.8 Å². The van der Waals surface area contributed by atoms with Crippen LogP contribution in [-0.2, 0) is 16.0 Å². The third kappa shape index (κ3) is 5.12. The molecular weight excluding hydrogens is 538 g/mol.